The third-order valence-electron chi connectivity index (χ3n) is 1.71. The maximum Gasteiger partial charge on any atom is 0.241 e. The molecule has 1 N–H and O–H groups in total. The first kappa shape index (κ1) is 13.4. The number of carbonyl (C=O) groups is 1. The highest BCUT2D eigenvalue weighted by Crippen LogP contribution is 2.24. The van der Waals surface area contributed by atoms with Gasteiger partial charge in [-0.2, -0.15) is 0 Å². The van der Waals surface area contributed by atoms with E-state index in [1.165, 1.54) is 25.1 Å². The van der Waals surface area contributed by atoms with Crippen LogP contribution in [0.15, 0.2) is 23.1 Å². The molecule has 0 heterocycles. The van der Waals surface area contributed by atoms with Gasteiger partial charge in [-0.3, -0.25) is 4.79 Å². The minimum absolute atomic E-state index is 0.0249. The molecule has 1 aromatic rings. The van der Waals surface area contributed by atoms with E-state index in [0.29, 0.717) is 0 Å². The van der Waals surface area contributed by atoms with Gasteiger partial charge in [0.2, 0.25) is 10.0 Å². The zero-order valence-corrected chi connectivity index (χ0v) is 10.7. The van der Waals surface area contributed by atoms with Crippen LogP contribution >= 0.6 is 23.2 Å². The zero-order valence-electron chi connectivity index (χ0n) is 8.33. The van der Waals surface area contributed by atoms with E-state index in [9.17, 15) is 13.2 Å². The number of sulfonamides is 1. The summed E-state index contributed by atoms with van der Waals surface area (Å²) in [6.07, 6.45) is 0. The summed E-state index contributed by atoms with van der Waals surface area (Å²) >= 11 is 11.3. The van der Waals surface area contributed by atoms with Crippen molar-refractivity contribution >= 4 is 39.0 Å². The van der Waals surface area contributed by atoms with Gasteiger partial charge in [-0.1, -0.05) is 23.2 Å². The average molecular weight is 282 g/mol. The van der Waals surface area contributed by atoms with Gasteiger partial charge in [0.05, 0.1) is 21.5 Å². The first-order valence-corrected chi connectivity index (χ1v) is 6.51. The van der Waals surface area contributed by atoms with Crippen molar-refractivity contribution in [1.82, 2.24) is 4.72 Å². The standard InChI is InChI=1S/C9H9Cl2NO3S/c1-6(13)5-12-16(14,15)7-2-3-8(10)9(11)4-7/h2-4,12H,5H2,1H3. The number of rotatable bonds is 4. The smallest absolute Gasteiger partial charge is 0.241 e. The van der Waals surface area contributed by atoms with Gasteiger partial charge >= 0.3 is 0 Å². The van der Waals surface area contributed by atoms with E-state index in [0.717, 1.165) is 0 Å². The average Bonchev–Trinajstić information content (AvgIpc) is 2.19. The van der Waals surface area contributed by atoms with Gasteiger partial charge in [-0.05, 0) is 25.1 Å². The molecule has 0 spiro atoms. The molecular weight excluding hydrogens is 273 g/mol. The van der Waals surface area contributed by atoms with Gasteiger partial charge in [0.25, 0.3) is 0 Å². The fourth-order valence-electron chi connectivity index (χ4n) is 0.924. The van der Waals surface area contributed by atoms with Crippen LogP contribution in [0.4, 0.5) is 0 Å². The fraction of sp³-hybridized carbons (Fsp3) is 0.222. The molecule has 0 aliphatic carbocycles. The molecule has 0 bridgehead atoms. The largest absolute Gasteiger partial charge is 0.299 e. The lowest BCUT2D eigenvalue weighted by molar-refractivity contribution is -0.115. The van der Waals surface area contributed by atoms with Crippen molar-refractivity contribution in [3.63, 3.8) is 0 Å². The van der Waals surface area contributed by atoms with Crippen LogP contribution in [0.3, 0.4) is 0 Å². The topological polar surface area (TPSA) is 63.2 Å². The van der Waals surface area contributed by atoms with Crippen LogP contribution in [0.2, 0.25) is 10.0 Å². The second-order valence-electron chi connectivity index (χ2n) is 3.10. The first-order chi connectivity index (χ1) is 7.33. The molecule has 0 aliphatic heterocycles. The highest BCUT2D eigenvalue weighted by Gasteiger charge is 2.15. The molecule has 88 valence electrons. The Bertz CT molecular complexity index is 513. The summed E-state index contributed by atoms with van der Waals surface area (Å²) in [5.41, 5.74) is 0. The van der Waals surface area contributed by atoms with E-state index >= 15 is 0 Å². The third kappa shape index (κ3) is 3.45. The van der Waals surface area contributed by atoms with Crippen molar-refractivity contribution < 1.29 is 13.2 Å². The van der Waals surface area contributed by atoms with Crippen LogP contribution in [0, 0.1) is 0 Å². The number of hydrogen-bond acceptors (Lipinski definition) is 3. The number of ketones is 1. The van der Waals surface area contributed by atoms with Crippen molar-refractivity contribution in [1.29, 1.82) is 0 Å². The predicted molar refractivity (Wildman–Crippen MR) is 62.3 cm³/mol. The van der Waals surface area contributed by atoms with Gasteiger partial charge < -0.3 is 0 Å². The van der Waals surface area contributed by atoms with Gasteiger partial charge in [-0.25, -0.2) is 13.1 Å². The van der Waals surface area contributed by atoms with Crippen molar-refractivity contribution in [3.8, 4) is 0 Å². The van der Waals surface area contributed by atoms with Crippen LogP contribution in [0.25, 0.3) is 0 Å². The van der Waals surface area contributed by atoms with Crippen LogP contribution < -0.4 is 4.72 Å². The van der Waals surface area contributed by atoms with Gasteiger partial charge in [0.15, 0.2) is 0 Å². The molecule has 0 radical (unpaired) electrons. The highest BCUT2D eigenvalue weighted by atomic mass is 35.5. The molecule has 0 saturated heterocycles. The Labute approximate surface area is 104 Å². The molecule has 0 unspecified atom stereocenters. The lowest BCUT2D eigenvalue weighted by atomic mass is 10.4. The number of nitrogens with one attached hydrogen (secondary N) is 1. The Kier molecular flexibility index (Phi) is 4.32. The van der Waals surface area contributed by atoms with Gasteiger partial charge in [-0.15, -0.1) is 0 Å². The summed E-state index contributed by atoms with van der Waals surface area (Å²) in [6.45, 7) is 1.04. The maximum absolute atomic E-state index is 11.6. The molecule has 7 heteroatoms. The molecule has 0 amide bonds. The molecule has 4 nitrogen and oxygen atoms in total. The SMILES string of the molecule is CC(=O)CNS(=O)(=O)c1ccc(Cl)c(Cl)c1. The molecule has 0 fully saturated rings. The Morgan fingerprint density at radius 1 is 1.31 bits per heavy atom. The normalized spacial score (nSPS) is 11.4. The van der Waals surface area contributed by atoms with Crippen molar-refractivity contribution in [2.24, 2.45) is 0 Å². The zero-order chi connectivity index (χ0) is 12.3. The number of carbonyl (C=O) groups excluding carboxylic acids is 1. The quantitative estimate of drug-likeness (QED) is 0.916. The highest BCUT2D eigenvalue weighted by molar-refractivity contribution is 7.89. The van der Waals surface area contributed by atoms with E-state index < -0.39 is 10.0 Å². The Morgan fingerprint density at radius 3 is 2.44 bits per heavy atom. The lowest BCUT2D eigenvalue weighted by Crippen LogP contribution is -2.28. The second-order valence-corrected chi connectivity index (χ2v) is 5.68. The minimum Gasteiger partial charge on any atom is -0.299 e. The summed E-state index contributed by atoms with van der Waals surface area (Å²) in [6, 6.07) is 3.93. The molecule has 0 aliphatic rings. The second kappa shape index (κ2) is 5.14. The molecule has 0 saturated carbocycles. The molecule has 1 aromatic carbocycles. The van der Waals surface area contributed by atoms with Gasteiger partial charge in [0, 0.05) is 0 Å². The van der Waals surface area contributed by atoms with Crippen molar-refractivity contribution in [3.05, 3.63) is 28.2 Å². The van der Waals surface area contributed by atoms with E-state index in [2.05, 4.69) is 4.72 Å². The number of benzene rings is 1. The summed E-state index contributed by atoms with van der Waals surface area (Å²) in [5, 5.41) is 0.416. The molecular formula is C9H9Cl2NO3S. The Balaban J connectivity index is 2.99. The van der Waals surface area contributed by atoms with Crippen LogP contribution in [-0.2, 0) is 14.8 Å². The van der Waals surface area contributed by atoms with E-state index in [1.807, 2.05) is 0 Å². The molecule has 0 aromatic heterocycles. The number of Topliss-reactive ketones (excluding diaryl/α,β-unsaturated/α-hetero) is 1. The minimum atomic E-state index is -3.71. The summed E-state index contributed by atoms with van der Waals surface area (Å²) in [7, 11) is -3.71. The maximum atomic E-state index is 11.6. The van der Waals surface area contributed by atoms with Crippen molar-refractivity contribution in [2.75, 3.05) is 6.54 Å². The molecule has 1 rings (SSSR count). The predicted octanol–water partition coefficient (Wildman–Crippen LogP) is 1.86. The Hall–Kier alpha value is -0.620. The van der Waals surface area contributed by atoms with Crippen molar-refractivity contribution in [2.45, 2.75) is 11.8 Å². The Morgan fingerprint density at radius 2 is 1.94 bits per heavy atom. The third-order valence-corrected chi connectivity index (χ3v) is 3.85. The summed E-state index contributed by atoms with van der Waals surface area (Å²) < 4.78 is 25.4. The molecule has 0 atom stereocenters. The number of halogens is 2. The lowest BCUT2D eigenvalue weighted by Gasteiger charge is -2.05. The van der Waals surface area contributed by atoms with E-state index in [4.69, 9.17) is 23.2 Å². The van der Waals surface area contributed by atoms with E-state index in [1.54, 1.807) is 0 Å². The van der Waals surface area contributed by atoms with Gasteiger partial charge in [0.1, 0.15) is 5.78 Å². The first-order valence-electron chi connectivity index (χ1n) is 4.27. The monoisotopic (exact) mass is 281 g/mol. The van der Waals surface area contributed by atoms with E-state index in [-0.39, 0.29) is 27.3 Å². The van der Waals surface area contributed by atoms with Crippen LogP contribution in [0.1, 0.15) is 6.92 Å². The molecule has 16 heavy (non-hydrogen) atoms. The van der Waals surface area contributed by atoms with Crippen LogP contribution in [0.5, 0.6) is 0 Å². The summed E-state index contributed by atoms with van der Waals surface area (Å²) in [5.74, 6) is -0.274. The summed E-state index contributed by atoms with van der Waals surface area (Å²) in [4.78, 5) is 10.6. The van der Waals surface area contributed by atoms with Crippen LogP contribution in [-0.4, -0.2) is 20.7 Å². The number of hydrogen-bond donors (Lipinski definition) is 1. The fourth-order valence-corrected chi connectivity index (χ4v) is 2.37.